The van der Waals surface area contributed by atoms with Gasteiger partial charge in [0, 0.05) is 22.2 Å². The van der Waals surface area contributed by atoms with Gasteiger partial charge >= 0.3 is 0 Å². The second-order valence-corrected chi connectivity index (χ2v) is 10.1. The molecular formula is C30H42ClNO3. The molecule has 5 heteroatoms. The lowest BCUT2D eigenvalue weighted by Crippen LogP contribution is -2.34. The lowest BCUT2D eigenvalue weighted by molar-refractivity contribution is -0.121. The summed E-state index contributed by atoms with van der Waals surface area (Å²) in [6.45, 7) is 13.1. The molecule has 2 aromatic carbocycles. The van der Waals surface area contributed by atoms with Crippen molar-refractivity contribution in [1.29, 1.82) is 0 Å². The summed E-state index contributed by atoms with van der Waals surface area (Å²) in [5.41, 5.74) is 3.59. The Morgan fingerprint density at radius 1 is 1.00 bits per heavy atom. The van der Waals surface area contributed by atoms with Crippen LogP contribution < -0.4 is 10.1 Å². The highest BCUT2D eigenvalue weighted by atomic mass is 35.5. The van der Waals surface area contributed by atoms with Crippen LogP contribution in [0.2, 0.25) is 5.02 Å². The second kappa shape index (κ2) is 13.7. The zero-order chi connectivity index (χ0) is 26.0. The van der Waals surface area contributed by atoms with E-state index in [1.54, 1.807) is 0 Å². The lowest BCUT2D eigenvalue weighted by Gasteiger charge is -2.26. The van der Waals surface area contributed by atoms with E-state index in [1.165, 1.54) is 0 Å². The number of carbonyl (C=O) groups is 2. The van der Waals surface area contributed by atoms with Crippen molar-refractivity contribution < 1.29 is 14.3 Å². The van der Waals surface area contributed by atoms with Crippen molar-refractivity contribution in [2.24, 2.45) is 5.92 Å². The molecule has 1 aliphatic heterocycles. The molecule has 1 aliphatic rings. The molecule has 0 unspecified atom stereocenters. The van der Waals surface area contributed by atoms with Gasteiger partial charge in [0.1, 0.15) is 5.75 Å². The summed E-state index contributed by atoms with van der Waals surface area (Å²) in [4.78, 5) is 24.3. The van der Waals surface area contributed by atoms with Crippen molar-refractivity contribution in [2.75, 3.05) is 11.9 Å². The molecule has 0 atom stereocenters. The van der Waals surface area contributed by atoms with Crippen LogP contribution in [0.25, 0.3) is 0 Å². The fraction of sp³-hybridized carbons (Fsp3) is 0.533. The van der Waals surface area contributed by atoms with Crippen LogP contribution in [0.15, 0.2) is 36.4 Å². The molecule has 0 saturated heterocycles. The average molecular weight is 500 g/mol. The number of carbonyl (C=O) groups excluding carboxylic acids is 2. The fourth-order valence-corrected chi connectivity index (χ4v) is 4.87. The SMILES string of the molecule is CCCC1(CCC)C(=O)Nc2ccc(Cl)cc21.CCCCOc1ccc(C(=O)C(C)C)c(CC)c1. The van der Waals surface area contributed by atoms with Gasteiger partial charge in [-0.2, -0.15) is 0 Å². The van der Waals surface area contributed by atoms with Gasteiger partial charge in [0.05, 0.1) is 12.0 Å². The molecule has 0 aliphatic carbocycles. The zero-order valence-electron chi connectivity index (χ0n) is 22.3. The van der Waals surface area contributed by atoms with Crippen LogP contribution in [-0.2, 0) is 16.6 Å². The van der Waals surface area contributed by atoms with Gasteiger partial charge in [-0.05, 0) is 73.2 Å². The molecule has 1 N–H and O–H groups in total. The van der Waals surface area contributed by atoms with Gasteiger partial charge in [-0.25, -0.2) is 0 Å². The maximum Gasteiger partial charge on any atom is 0.235 e. The number of anilines is 1. The smallest absolute Gasteiger partial charge is 0.235 e. The molecule has 35 heavy (non-hydrogen) atoms. The quantitative estimate of drug-likeness (QED) is 0.249. The number of amides is 1. The van der Waals surface area contributed by atoms with Gasteiger partial charge in [0.25, 0.3) is 0 Å². The molecule has 0 fully saturated rings. The zero-order valence-corrected chi connectivity index (χ0v) is 23.1. The third kappa shape index (κ3) is 7.10. The maximum absolute atomic E-state index is 12.3. The second-order valence-electron chi connectivity index (χ2n) is 9.62. The summed E-state index contributed by atoms with van der Waals surface area (Å²) >= 11 is 6.06. The number of nitrogens with one attached hydrogen (secondary N) is 1. The van der Waals surface area contributed by atoms with Crippen LogP contribution in [-0.4, -0.2) is 18.3 Å². The molecule has 0 aromatic heterocycles. The van der Waals surface area contributed by atoms with E-state index in [2.05, 4.69) is 33.0 Å². The Labute approximate surface area is 216 Å². The molecule has 0 bridgehead atoms. The molecule has 4 nitrogen and oxygen atoms in total. The molecule has 192 valence electrons. The van der Waals surface area contributed by atoms with Crippen LogP contribution in [0.3, 0.4) is 0 Å². The lowest BCUT2D eigenvalue weighted by atomic mass is 9.74. The highest BCUT2D eigenvalue weighted by Gasteiger charge is 2.45. The van der Waals surface area contributed by atoms with E-state index >= 15 is 0 Å². The van der Waals surface area contributed by atoms with E-state index in [0.29, 0.717) is 5.02 Å². The van der Waals surface area contributed by atoms with Crippen LogP contribution in [0.4, 0.5) is 5.69 Å². The maximum atomic E-state index is 12.3. The molecule has 0 spiro atoms. The van der Waals surface area contributed by atoms with Crippen molar-refractivity contribution in [1.82, 2.24) is 0 Å². The third-order valence-corrected chi connectivity index (χ3v) is 6.78. The van der Waals surface area contributed by atoms with Crippen LogP contribution in [0.1, 0.15) is 102 Å². The van der Waals surface area contributed by atoms with Gasteiger partial charge in [0.2, 0.25) is 5.91 Å². The highest BCUT2D eigenvalue weighted by Crippen LogP contribution is 2.45. The Morgan fingerprint density at radius 3 is 2.26 bits per heavy atom. The van der Waals surface area contributed by atoms with Crippen molar-refractivity contribution in [3.05, 3.63) is 58.1 Å². The highest BCUT2D eigenvalue weighted by molar-refractivity contribution is 6.31. The molecule has 0 saturated carbocycles. The monoisotopic (exact) mass is 499 g/mol. The Hall–Kier alpha value is -2.33. The number of aryl methyl sites for hydroxylation is 1. The summed E-state index contributed by atoms with van der Waals surface area (Å²) in [5, 5.41) is 3.69. The van der Waals surface area contributed by atoms with E-state index in [4.69, 9.17) is 16.3 Å². The van der Waals surface area contributed by atoms with E-state index in [1.807, 2.05) is 50.2 Å². The standard InChI is InChI=1S/C16H24O2.C14H18ClNO/c1-5-7-10-18-14-8-9-15(13(6-2)11-14)16(17)12(3)4;1-3-7-14(8-4-2)11-9-10(15)5-6-12(11)16-13(14)17/h8-9,11-12H,5-7,10H2,1-4H3;5-6,9H,3-4,7-8H2,1-2H3,(H,16,17). The number of ketones is 1. The van der Waals surface area contributed by atoms with Crippen LogP contribution in [0.5, 0.6) is 5.75 Å². The molecular weight excluding hydrogens is 458 g/mol. The summed E-state index contributed by atoms with van der Waals surface area (Å²) in [7, 11) is 0. The largest absolute Gasteiger partial charge is 0.494 e. The van der Waals surface area contributed by atoms with E-state index in [-0.39, 0.29) is 23.0 Å². The Bertz CT molecular complexity index is 993. The fourth-order valence-electron chi connectivity index (χ4n) is 4.70. The molecule has 1 heterocycles. The number of halogens is 1. The summed E-state index contributed by atoms with van der Waals surface area (Å²) in [6.07, 6.45) is 6.83. The molecule has 3 rings (SSSR count). The number of hydrogen-bond acceptors (Lipinski definition) is 3. The van der Waals surface area contributed by atoms with Gasteiger partial charge in [-0.1, -0.05) is 72.4 Å². The first-order valence-corrected chi connectivity index (χ1v) is 13.5. The number of fused-ring (bicyclic) bond motifs is 1. The average Bonchev–Trinajstić information content (AvgIpc) is 3.10. The third-order valence-electron chi connectivity index (χ3n) is 6.55. The number of Topliss-reactive ketones (excluding diaryl/α,β-unsaturated/α-hetero) is 1. The molecule has 1 amide bonds. The minimum atomic E-state index is -0.357. The Kier molecular flexibility index (Phi) is 11.3. The van der Waals surface area contributed by atoms with Crippen molar-refractivity contribution in [3.63, 3.8) is 0 Å². The number of ether oxygens (including phenoxy) is 1. The predicted molar refractivity (Wildman–Crippen MR) is 147 cm³/mol. The van der Waals surface area contributed by atoms with Gasteiger partial charge in [-0.3, -0.25) is 9.59 Å². The van der Waals surface area contributed by atoms with Crippen molar-refractivity contribution >= 4 is 29.0 Å². The van der Waals surface area contributed by atoms with Crippen LogP contribution >= 0.6 is 11.6 Å². The van der Waals surface area contributed by atoms with Crippen molar-refractivity contribution in [3.8, 4) is 5.75 Å². The number of rotatable bonds is 11. The number of unbranched alkanes of at least 4 members (excludes halogenated alkanes) is 1. The first-order valence-electron chi connectivity index (χ1n) is 13.1. The number of benzene rings is 2. The normalized spacial score (nSPS) is 13.7. The van der Waals surface area contributed by atoms with Crippen molar-refractivity contribution in [2.45, 2.75) is 91.9 Å². The number of hydrogen-bond donors (Lipinski definition) is 1. The topological polar surface area (TPSA) is 55.4 Å². The van der Waals surface area contributed by atoms with Gasteiger partial charge in [0.15, 0.2) is 5.78 Å². The van der Waals surface area contributed by atoms with E-state index in [9.17, 15) is 9.59 Å². The Balaban J connectivity index is 0.000000247. The molecule has 0 radical (unpaired) electrons. The van der Waals surface area contributed by atoms with Gasteiger partial charge in [-0.15, -0.1) is 0 Å². The van der Waals surface area contributed by atoms with Gasteiger partial charge < -0.3 is 10.1 Å². The first kappa shape index (κ1) is 28.9. The van der Waals surface area contributed by atoms with Crippen LogP contribution in [0, 0.1) is 5.92 Å². The minimum Gasteiger partial charge on any atom is -0.494 e. The predicted octanol–water partition coefficient (Wildman–Crippen LogP) is 8.40. The molecule has 2 aromatic rings. The summed E-state index contributed by atoms with van der Waals surface area (Å²) in [5.74, 6) is 1.27. The first-order chi connectivity index (χ1) is 16.7. The van der Waals surface area contributed by atoms with E-state index in [0.717, 1.165) is 79.7 Å². The summed E-state index contributed by atoms with van der Waals surface area (Å²) < 4.78 is 5.67. The minimum absolute atomic E-state index is 0.0437. The Morgan fingerprint density at radius 2 is 1.69 bits per heavy atom. The van der Waals surface area contributed by atoms with E-state index < -0.39 is 0 Å². The summed E-state index contributed by atoms with van der Waals surface area (Å²) in [6, 6.07) is 11.5.